The molecule has 1 unspecified atom stereocenters. The van der Waals surface area contributed by atoms with Gasteiger partial charge in [-0.05, 0) is 12.8 Å². The van der Waals surface area contributed by atoms with Crippen LogP contribution in [0.25, 0.3) is 5.65 Å². The summed E-state index contributed by atoms with van der Waals surface area (Å²) < 4.78 is 1.38. The standard InChI is InChI=1S/C10H12ClN5O/c11-5-7-2-1-3-15(7)8-4-9-13-14-10(17)16(9)6-12-8/h4,6-7H,1-3,5H2,(H,14,17). The maximum atomic E-state index is 11.3. The fourth-order valence-corrected chi connectivity index (χ4v) is 2.58. The Hall–Kier alpha value is -1.56. The number of hydrogen-bond acceptors (Lipinski definition) is 4. The largest absolute Gasteiger partial charge is 0.352 e. The van der Waals surface area contributed by atoms with Gasteiger partial charge >= 0.3 is 5.69 Å². The minimum absolute atomic E-state index is 0.269. The molecule has 1 saturated heterocycles. The summed E-state index contributed by atoms with van der Waals surface area (Å²) in [7, 11) is 0. The quantitative estimate of drug-likeness (QED) is 0.797. The molecule has 3 rings (SSSR count). The summed E-state index contributed by atoms with van der Waals surface area (Å²) in [5, 5.41) is 6.32. The summed E-state index contributed by atoms with van der Waals surface area (Å²) in [4.78, 5) is 17.8. The number of halogens is 1. The molecule has 0 aliphatic carbocycles. The number of H-pyrrole nitrogens is 1. The van der Waals surface area contributed by atoms with E-state index in [4.69, 9.17) is 11.6 Å². The van der Waals surface area contributed by atoms with Crippen LogP contribution in [0, 0.1) is 0 Å². The van der Waals surface area contributed by atoms with E-state index in [1.54, 1.807) is 0 Å². The van der Waals surface area contributed by atoms with Crippen molar-refractivity contribution in [3.63, 3.8) is 0 Å². The normalized spacial score (nSPS) is 20.3. The van der Waals surface area contributed by atoms with Crippen LogP contribution in [0.15, 0.2) is 17.2 Å². The van der Waals surface area contributed by atoms with Gasteiger partial charge in [0.2, 0.25) is 0 Å². The molecule has 1 N–H and O–H groups in total. The van der Waals surface area contributed by atoms with Crippen molar-refractivity contribution in [1.29, 1.82) is 0 Å². The van der Waals surface area contributed by atoms with Gasteiger partial charge in [-0.1, -0.05) is 0 Å². The van der Waals surface area contributed by atoms with Crippen LogP contribution in [0.2, 0.25) is 0 Å². The van der Waals surface area contributed by atoms with Gasteiger partial charge in [0.1, 0.15) is 12.1 Å². The van der Waals surface area contributed by atoms with Crippen molar-refractivity contribution >= 4 is 23.1 Å². The molecule has 3 heterocycles. The Bertz CT molecular complexity index is 592. The first-order chi connectivity index (χ1) is 8.29. The van der Waals surface area contributed by atoms with E-state index in [1.165, 1.54) is 10.7 Å². The molecule has 1 fully saturated rings. The van der Waals surface area contributed by atoms with Crippen LogP contribution in [0.1, 0.15) is 12.8 Å². The molecule has 0 spiro atoms. The van der Waals surface area contributed by atoms with Gasteiger partial charge < -0.3 is 4.90 Å². The van der Waals surface area contributed by atoms with Crippen molar-refractivity contribution in [2.24, 2.45) is 0 Å². The maximum absolute atomic E-state index is 11.3. The van der Waals surface area contributed by atoms with Gasteiger partial charge in [-0.25, -0.2) is 19.3 Å². The molecule has 2 aromatic rings. The van der Waals surface area contributed by atoms with Gasteiger partial charge in [0.25, 0.3) is 0 Å². The van der Waals surface area contributed by atoms with E-state index in [9.17, 15) is 4.79 Å². The molecular formula is C10H12ClN5O. The minimum atomic E-state index is -0.269. The van der Waals surface area contributed by atoms with E-state index < -0.39 is 0 Å². The monoisotopic (exact) mass is 253 g/mol. The zero-order valence-corrected chi connectivity index (χ0v) is 9.89. The second kappa shape index (κ2) is 4.03. The van der Waals surface area contributed by atoms with Crippen molar-refractivity contribution in [1.82, 2.24) is 19.6 Å². The summed E-state index contributed by atoms with van der Waals surface area (Å²) in [6.07, 6.45) is 3.71. The van der Waals surface area contributed by atoms with Gasteiger partial charge in [0.15, 0.2) is 5.65 Å². The first-order valence-electron chi connectivity index (χ1n) is 5.55. The van der Waals surface area contributed by atoms with Crippen LogP contribution in [0.5, 0.6) is 0 Å². The Balaban J connectivity index is 2.03. The molecule has 2 aromatic heterocycles. The van der Waals surface area contributed by atoms with Gasteiger partial charge in [0.05, 0.1) is 0 Å². The first kappa shape index (κ1) is 10.6. The molecule has 1 aliphatic rings. The van der Waals surface area contributed by atoms with E-state index in [0.29, 0.717) is 17.6 Å². The third kappa shape index (κ3) is 1.68. The lowest BCUT2D eigenvalue weighted by molar-refractivity contribution is 0.732. The van der Waals surface area contributed by atoms with Crippen molar-refractivity contribution < 1.29 is 0 Å². The summed E-state index contributed by atoms with van der Waals surface area (Å²) in [6.45, 7) is 0.954. The minimum Gasteiger partial charge on any atom is -0.352 e. The van der Waals surface area contributed by atoms with Crippen LogP contribution in [0.3, 0.4) is 0 Å². The lowest BCUT2D eigenvalue weighted by Gasteiger charge is -2.23. The molecule has 0 saturated carbocycles. The fraction of sp³-hybridized carbons (Fsp3) is 0.500. The highest BCUT2D eigenvalue weighted by atomic mass is 35.5. The molecule has 90 valence electrons. The number of rotatable bonds is 2. The summed E-state index contributed by atoms with van der Waals surface area (Å²) >= 11 is 5.93. The lowest BCUT2D eigenvalue weighted by Crippen LogP contribution is -2.31. The zero-order chi connectivity index (χ0) is 11.8. The van der Waals surface area contributed by atoms with E-state index in [2.05, 4.69) is 20.1 Å². The summed E-state index contributed by atoms with van der Waals surface area (Å²) in [5.74, 6) is 1.43. The van der Waals surface area contributed by atoms with Gasteiger partial charge in [0, 0.05) is 24.5 Å². The highest BCUT2D eigenvalue weighted by Crippen LogP contribution is 2.24. The third-order valence-corrected chi connectivity index (χ3v) is 3.50. The number of fused-ring (bicyclic) bond motifs is 1. The molecule has 1 atom stereocenters. The number of nitrogens with zero attached hydrogens (tertiary/aromatic N) is 4. The van der Waals surface area contributed by atoms with E-state index in [1.807, 2.05) is 6.07 Å². The molecule has 1 aliphatic heterocycles. The van der Waals surface area contributed by atoms with Crippen molar-refractivity contribution in [3.05, 3.63) is 22.9 Å². The number of hydrogen-bond donors (Lipinski definition) is 1. The highest BCUT2D eigenvalue weighted by Gasteiger charge is 2.25. The van der Waals surface area contributed by atoms with Crippen LogP contribution in [0.4, 0.5) is 5.82 Å². The summed E-state index contributed by atoms with van der Waals surface area (Å²) in [6, 6.07) is 2.14. The van der Waals surface area contributed by atoms with E-state index >= 15 is 0 Å². The number of alkyl halides is 1. The van der Waals surface area contributed by atoms with E-state index in [0.717, 1.165) is 25.2 Å². The number of aromatic nitrogens is 4. The van der Waals surface area contributed by atoms with Crippen molar-refractivity contribution in [2.45, 2.75) is 18.9 Å². The molecule has 0 amide bonds. The molecule has 17 heavy (non-hydrogen) atoms. The maximum Gasteiger partial charge on any atom is 0.348 e. The highest BCUT2D eigenvalue weighted by molar-refractivity contribution is 6.18. The first-order valence-corrected chi connectivity index (χ1v) is 6.08. The topological polar surface area (TPSA) is 66.3 Å². The Labute approximate surface area is 102 Å². The van der Waals surface area contributed by atoms with Gasteiger partial charge in [-0.15, -0.1) is 11.6 Å². The van der Waals surface area contributed by atoms with Crippen LogP contribution >= 0.6 is 11.6 Å². The zero-order valence-electron chi connectivity index (χ0n) is 9.14. The summed E-state index contributed by atoms with van der Waals surface area (Å²) in [5.41, 5.74) is 0.314. The van der Waals surface area contributed by atoms with Gasteiger partial charge in [-0.2, -0.15) is 5.10 Å². The lowest BCUT2D eigenvalue weighted by atomic mass is 10.2. The van der Waals surface area contributed by atoms with Crippen molar-refractivity contribution in [2.75, 3.05) is 17.3 Å². The fourth-order valence-electron chi connectivity index (χ4n) is 2.25. The van der Waals surface area contributed by atoms with Gasteiger partial charge in [-0.3, -0.25) is 0 Å². The number of aromatic amines is 1. The Morgan fingerprint density at radius 2 is 2.47 bits per heavy atom. The molecule has 7 heteroatoms. The predicted octanol–water partition coefficient (Wildman–Crippen LogP) is 0.625. The second-order valence-corrected chi connectivity index (χ2v) is 4.46. The Kier molecular flexibility index (Phi) is 2.51. The average Bonchev–Trinajstić information content (AvgIpc) is 2.96. The van der Waals surface area contributed by atoms with Crippen molar-refractivity contribution in [3.8, 4) is 0 Å². The second-order valence-electron chi connectivity index (χ2n) is 4.15. The van der Waals surface area contributed by atoms with E-state index in [-0.39, 0.29) is 5.69 Å². The Morgan fingerprint density at radius 1 is 1.59 bits per heavy atom. The SMILES string of the molecule is O=c1[nH]nc2cc(N3CCCC3CCl)ncn12. The van der Waals surface area contributed by atoms with Crippen LogP contribution in [-0.4, -0.2) is 38.0 Å². The smallest absolute Gasteiger partial charge is 0.348 e. The molecule has 0 bridgehead atoms. The number of anilines is 1. The predicted molar refractivity (Wildman–Crippen MR) is 64.7 cm³/mol. The molecular weight excluding hydrogens is 242 g/mol. The third-order valence-electron chi connectivity index (χ3n) is 3.14. The van der Waals surface area contributed by atoms with Crippen LogP contribution < -0.4 is 10.6 Å². The molecule has 0 radical (unpaired) electrons. The average molecular weight is 254 g/mol. The molecule has 0 aromatic carbocycles. The Morgan fingerprint density at radius 3 is 3.29 bits per heavy atom. The molecule has 6 nitrogen and oxygen atoms in total. The number of nitrogens with one attached hydrogen (secondary N) is 1. The van der Waals surface area contributed by atoms with Crippen LogP contribution in [-0.2, 0) is 0 Å².